The van der Waals surface area contributed by atoms with Crippen LogP contribution < -0.4 is 5.32 Å². The molecule has 0 saturated carbocycles. The van der Waals surface area contributed by atoms with Crippen LogP contribution in [0.15, 0.2) is 22.8 Å². The fraction of sp³-hybridized carbons (Fsp3) is 0.412. The molecule has 0 aliphatic heterocycles. The predicted octanol–water partition coefficient (Wildman–Crippen LogP) is 2.82. The van der Waals surface area contributed by atoms with Gasteiger partial charge in [0.15, 0.2) is 0 Å². The molecule has 0 radical (unpaired) electrons. The first-order valence-electron chi connectivity index (χ1n) is 7.29. The Hall–Kier alpha value is -2.30. The fourth-order valence-corrected chi connectivity index (χ4v) is 2.44. The van der Waals surface area contributed by atoms with Gasteiger partial charge in [-0.25, -0.2) is 4.79 Å². The maximum atomic E-state index is 12.1. The number of aliphatic carboxylic acids is 1. The van der Waals surface area contributed by atoms with Gasteiger partial charge in [0.05, 0.1) is 12.7 Å². The van der Waals surface area contributed by atoms with Crippen LogP contribution in [0.4, 0.5) is 0 Å². The Labute approximate surface area is 129 Å². The van der Waals surface area contributed by atoms with Crippen molar-refractivity contribution in [2.75, 3.05) is 0 Å². The summed E-state index contributed by atoms with van der Waals surface area (Å²) in [4.78, 5) is 23.2. The van der Waals surface area contributed by atoms with Gasteiger partial charge in [-0.05, 0) is 30.9 Å². The zero-order valence-corrected chi connectivity index (χ0v) is 13.3. The number of carbonyl (C=O) groups is 2. The molecule has 2 rings (SSSR count). The average molecular weight is 303 g/mol. The number of rotatable bonds is 5. The number of carbonyl (C=O) groups excluding carboxylic acids is 1. The Balaban J connectivity index is 2.19. The molecule has 0 aliphatic carbocycles. The Morgan fingerprint density at radius 2 is 1.95 bits per heavy atom. The molecule has 1 aromatic heterocycles. The number of nitrogens with one attached hydrogen (secondary N) is 1. The zero-order chi connectivity index (χ0) is 16.4. The van der Waals surface area contributed by atoms with Gasteiger partial charge in [0.25, 0.3) is 0 Å². The van der Waals surface area contributed by atoms with Gasteiger partial charge in [0, 0.05) is 10.9 Å². The molecular weight excluding hydrogens is 282 g/mol. The molecule has 0 unspecified atom stereocenters. The first-order valence-corrected chi connectivity index (χ1v) is 7.29. The maximum Gasteiger partial charge on any atom is 0.326 e. The van der Waals surface area contributed by atoms with E-state index in [1.165, 1.54) is 0 Å². The molecule has 0 saturated heterocycles. The van der Waals surface area contributed by atoms with Crippen molar-refractivity contribution in [3.63, 3.8) is 0 Å². The summed E-state index contributed by atoms with van der Waals surface area (Å²) in [5, 5.41) is 12.6. The standard InChI is InChI=1S/C17H21NO4/c1-9(2)15(17(20)21)18-14(19)7-12-8-22-16-11(4)10(3)5-6-13(12)16/h5-6,8-9,15H,7H2,1-4H3,(H,18,19)(H,20,21)/t15-/m1/s1. The molecule has 118 valence electrons. The van der Waals surface area contributed by atoms with Crippen LogP contribution in [0, 0.1) is 19.8 Å². The lowest BCUT2D eigenvalue weighted by Gasteiger charge is -2.17. The van der Waals surface area contributed by atoms with Crippen molar-refractivity contribution in [1.29, 1.82) is 0 Å². The van der Waals surface area contributed by atoms with Crippen molar-refractivity contribution < 1.29 is 19.1 Å². The molecule has 2 N–H and O–H groups in total. The van der Waals surface area contributed by atoms with Crippen molar-refractivity contribution in [2.45, 2.75) is 40.2 Å². The number of carboxylic acid groups (broad SMARTS) is 1. The van der Waals surface area contributed by atoms with E-state index in [9.17, 15) is 9.59 Å². The van der Waals surface area contributed by atoms with E-state index in [2.05, 4.69) is 5.32 Å². The Bertz CT molecular complexity index is 715. The van der Waals surface area contributed by atoms with Crippen LogP contribution in [-0.2, 0) is 16.0 Å². The number of benzene rings is 1. The number of amides is 1. The van der Waals surface area contributed by atoms with E-state index in [-0.39, 0.29) is 18.2 Å². The summed E-state index contributed by atoms with van der Waals surface area (Å²) in [7, 11) is 0. The molecule has 0 bridgehead atoms. The van der Waals surface area contributed by atoms with Crippen LogP contribution in [0.3, 0.4) is 0 Å². The number of aryl methyl sites for hydroxylation is 2. The molecule has 0 spiro atoms. The van der Waals surface area contributed by atoms with E-state index >= 15 is 0 Å². The molecule has 22 heavy (non-hydrogen) atoms. The summed E-state index contributed by atoms with van der Waals surface area (Å²) >= 11 is 0. The smallest absolute Gasteiger partial charge is 0.326 e. The minimum absolute atomic E-state index is 0.103. The van der Waals surface area contributed by atoms with E-state index in [1.54, 1.807) is 20.1 Å². The van der Waals surface area contributed by atoms with Gasteiger partial charge in [-0.3, -0.25) is 4.79 Å². The van der Waals surface area contributed by atoms with E-state index in [0.29, 0.717) is 0 Å². The first kappa shape index (κ1) is 16.1. The minimum Gasteiger partial charge on any atom is -0.480 e. The molecule has 0 aliphatic rings. The van der Waals surface area contributed by atoms with E-state index in [0.717, 1.165) is 27.7 Å². The second-order valence-corrected chi connectivity index (χ2v) is 5.95. The molecule has 1 aromatic carbocycles. The van der Waals surface area contributed by atoms with Gasteiger partial charge in [0.2, 0.25) is 5.91 Å². The number of hydrogen-bond acceptors (Lipinski definition) is 3. The Morgan fingerprint density at radius 1 is 1.27 bits per heavy atom. The highest BCUT2D eigenvalue weighted by Crippen LogP contribution is 2.26. The predicted molar refractivity (Wildman–Crippen MR) is 83.8 cm³/mol. The lowest BCUT2D eigenvalue weighted by Crippen LogP contribution is -2.44. The Morgan fingerprint density at radius 3 is 2.55 bits per heavy atom. The number of carboxylic acids is 1. The number of hydrogen-bond donors (Lipinski definition) is 2. The third-order valence-electron chi connectivity index (χ3n) is 3.94. The van der Waals surface area contributed by atoms with Crippen LogP contribution in [0.25, 0.3) is 11.0 Å². The molecular formula is C17H21NO4. The van der Waals surface area contributed by atoms with Gasteiger partial charge in [0.1, 0.15) is 11.6 Å². The maximum absolute atomic E-state index is 12.1. The minimum atomic E-state index is -1.02. The van der Waals surface area contributed by atoms with Crippen LogP contribution in [0.5, 0.6) is 0 Å². The summed E-state index contributed by atoms with van der Waals surface area (Å²) in [5.41, 5.74) is 3.73. The van der Waals surface area contributed by atoms with Gasteiger partial charge in [-0.1, -0.05) is 26.0 Å². The van der Waals surface area contributed by atoms with Gasteiger partial charge in [-0.15, -0.1) is 0 Å². The van der Waals surface area contributed by atoms with E-state index < -0.39 is 12.0 Å². The lowest BCUT2D eigenvalue weighted by molar-refractivity contribution is -0.143. The van der Waals surface area contributed by atoms with Gasteiger partial charge < -0.3 is 14.8 Å². The van der Waals surface area contributed by atoms with Crippen molar-refractivity contribution in [1.82, 2.24) is 5.32 Å². The highest BCUT2D eigenvalue weighted by Gasteiger charge is 2.24. The third-order valence-corrected chi connectivity index (χ3v) is 3.94. The SMILES string of the molecule is Cc1ccc2c(CC(=O)N[C@@H](C(=O)O)C(C)C)coc2c1C. The number of fused-ring (bicyclic) bond motifs is 1. The zero-order valence-electron chi connectivity index (χ0n) is 13.3. The van der Waals surface area contributed by atoms with E-state index in [4.69, 9.17) is 9.52 Å². The fourth-order valence-electron chi connectivity index (χ4n) is 2.44. The summed E-state index contributed by atoms with van der Waals surface area (Å²) in [5.74, 6) is -1.51. The highest BCUT2D eigenvalue weighted by atomic mass is 16.4. The highest BCUT2D eigenvalue weighted by molar-refractivity contribution is 5.91. The normalized spacial score (nSPS) is 12.6. The Kier molecular flexibility index (Phi) is 4.54. The second-order valence-electron chi connectivity index (χ2n) is 5.95. The second kappa shape index (κ2) is 6.22. The summed E-state index contributed by atoms with van der Waals surface area (Å²) < 4.78 is 5.57. The topological polar surface area (TPSA) is 79.5 Å². The molecule has 1 amide bonds. The molecule has 1 atom stereocenters. The van der Waals surface area contributed by atoms with Crippen molar-refractivity contribution in [3.05, 3.63) is 35.1 Å². The molecule has 5 heteroatoms. The summed E-state index contributed by atoms with van der Waals surface area (Å²) in [6.45, 7) is 7.50. The first-order chi connectivity index (χ1) is 10.3. The van der Waals surface area contributed by atoms with Crippen molar-refractivity contribution >= 4 is 22.8 Å². The van der Waals surface area contributed by atoms with Crippen molar-refractivity contribution in [3.8, 4) is 0 Å². The monoisotopic (exact) mass is 303 g/mol. The molecule has 5 nitrogen and oxygen atoms in total. The van der Waals surface area contributed by atoms with Crippen LogP contribution in [0.2, 0.25) is 0 Å². The average Bonchev–Trinajstić information content (AvgIpc) is 2.83. The van der Waals surface area contributed by atoms with Crippen molar-refractivity contribution in [2.24, 2.45) is 5.92 Å². The molecule has 2 aromatic rings. The summed E-state index contributed by atoms with van der Waals surface area (Å²) in [6, 6.07) is 3.04. The largest absolute Gasteiger partial charge is 0.480 e. The van der Waals surface area contributed by atoms with Gasteiger partial charge >= 0.3 is 5.97 Å². The quantitative estimate of drug-likeness (QED) is 0.890. The summed E-state index contributed by atoms with van der Waals surface area (Å²) in [6.07, 6.45) is 1.67. The van der Waals surface area contributed by atoms with Crippen LogP contribution >= 0.6 is 0 Å². The lowest BCUT2D eigenvalue weighted by atomic mass is 10.0. The number of furan rings is 1. The van der Waals surface area contributed by atoms with Crippen LogP contribution in [0.1, 0.15) is 30.5 Å². The third kappa shape index (κ3) is 3.13. The van der Waals surface area contributed by atoms with E-state index in [1.807, 2.05) is 26.0 Å². The van der Waals surface area contributed by atoms with Crippen LogP contribution in [-0.4, -0.2) is 23.0 Å². The molecule has 0 fully saturated rings. The van der Waals surface area contributed by atoms with Gasteiger partial charge in [-0.2, -0.15) is 0 Å². The molecule has 1 heterocycles.